The maximum absolute atomic E-state index is 12.0. The molecular formula is C15H24O2. The van der Waals surface area contributed by atoms with Crippen LogP contribution in [0.1, 0.15) is 47.5 Å². The molecule has 0 aromatic rings. The van der Waals surface area contributed by atoms with Gasteiger partial charge in [-0.05, 0) is 40.0 Å². The summed E-state index contributed by atoms with van der Waals surface area (Å²) in [5.74, 6) is 1.57. The predicted molar refractivity (Wildman–Crippen MR) is 70.6 cm³/mol. The van der Waals surface area contributed by atoms with E-state index in [0.29, 0.717) is 5.92 Å². The number of carbonyl (C=O) groups is 1. The highest BCUT2D eigenvalue weighted by atomic mass is 16.5. The lowest BCUT2D eigenvalue weighted by atomic mass is 9.80. The molecule has 2 heteroatoms. The van der Waals surface area contributed by atoms with Crippen molar-refractivity contribution in [2.45, 2.75) is 53.6 Å². The van der Waals surface area contributed by atoms with Gasteiger partial charge in [-0.25, -0.2) is 0 Å². The second kappa shape index (κ2) is 6.04. The lowest BCUT2D eigenvalue weighted by molar-refractivity contribution is -0.120. The molecule has 2 nitrogen and oxygen atoms in total. The Kier molecular flexibility index (Phi) is 4.98. The average molecular weight is 236 g/mol. The minimum absolute atomic E-state index is 0.129. The first-order valence-electron chi connectivity index (χ1n) is 6.44. The molecule has 0 bridgehead atoms. The van der Waals surface area contributed by atoms with Crippen LogP contribution in [0.5, 0.6) is 0 Å². The van der Waals surface area contributed by atoms with Crippen molar-refractivity contribution in [1.29, 1.82) is 0 Å². The summed E-state index contributed by atoms with van der Waals surface area (Å²) < 4.78 is 5.63. The van der Waals surface area contributed by atoms with Crippen molar-refractivity contribution in [2.75, 3.05) is 0 Å². The number of rotatable bonds is 4. The van der Waals surface area contributed by atoms with Crippen LogP contribution in [0.3, 0.4) is 0 Å². The molecule has 96 valence electrons. The molecule has 2 atom stereocenters. The molecule has 0 radical (unpaired) electrons. The fourth-order valence-corrected chi connectivity index (χ4v) is 2.16. The Labute approximate surface area is 105 Å². The van der Waals surface area contributed by atoms with Gasteiger partial charge in [0.1, 0.15) is 5.76 Å². The highest BCUT2D eigenvalue weighted by Crippen LogP contribution is 2.31. The summed E-state index contributed by atoms with van der Waals surface area (Å²) in [5, 5.41) is 0. The van der Waals surface area contributed by atoms with Gasteiger partial charge in [0, 0.05) is 18.4 Å². The van der Waals surface area contributed by atoms with Gasteiger partial charge in [0.05, 0.1) is 6.10 Å². The van der Waals surface area contributed by atoms with Crippen molar-refractivity contribution in [1.82, 2.24) is 0 Å². The maximum atomic E-state index is 12.0. The third kappa shape index (κ3) is 4.37. The molecule has 0 saturated carbocycles. The normalized spacial score (nSPS) is 24.6. The van der Waals surface area contributed by atoms with Crippen molar-refractivity contribution < 1.29 is 9.53 Å². The Morgan fingerprint density at radius 3 is 2.65 bits per heavy atom. The number of carbonyl (C=O) groups excluding carboxylic acids is 1. The number of ketones is 1. The summed E-state index contributed by atoms with van der Waals surface area (Å²) in [6, 6.07) is 0. The van der Waals surface area contributed by atoms with Crippen molar-refractivity contribution >= 4 is 5.78 Å². The molecule has 1 aliphatic rings. The highest BCUT2D eigenvalue weighted by Gasteiger charge is 2.29. The van der Waals surface area contributed by atoms with E-state index in [9.17, 15) is 4.79 Å². The van der Waals surface area contributed by atoms with Gasteiger partial charge in [0.15, 0.2) is 5.78 Å². The fourth-order valence-electron chi connectivity index (χ4n) is 2.16. The summed E-state index contributed by atoms with van der Waals surface area (Å²) in [7, 11) is 0. The first-order valence-corrected chi connectivity index (χ1v) is 6.44. The first kappa shape index (κ1) is 14.0. The Balaban J connectivity index is 2.70. The van der Waals surface area contributed by atoms with Crippen molar-refractivity contribution in [3.8, 4) is 0 Å². The van der Waals surface area contributed by atoms with E-state index in [1.54, 1.807) is 6.08 Å². The second-order valence-electron chi connectivity index (χ2n) is 5.48. The average Bonchev–Trinajstić information content (AvgIpc) is 2.14. The van der Waals surface area contributed by atoms with Crippen molar-refractivity contribution in [2.24, 2.45) is 11.8 Å². The molecular weight excluding hydrogens is 212 g/mol. The minimum Gasteiger partial charge on any atom is -0.495 e. The fraction of sp³-hybridized carbons (Fsp3) is 0.667. The van der Waals surface area contributed by atoms with Crippen LogP contribution in [0.25, 0.3) is 0 Å². The van der Waals surface area contributed by atoms with E-state index in [2.05, 4.69) is 26.8 Å². The Hall–Kier alpha value is -1.05. The van der Waals surface area contributed by atoms with E-state index in [4.69, 9.17) is 4.74 Å². The molecule has 0 saturated heterocycles. The second-order valence-corrected chi connectivity index (χ2v) is 5.48. The Morgan fingerprint density at radius 2 is 2.18 bits per heavy atom. The van der Waals surface area contributed by atoms with E-state index in [0.717, 1.165) is 18.6 Å². The topological polar surface area (TPSA) is 26.3 Å². The van der Waals surface area contributed by atoms with Crippen molar-refractivity contribution in [3.05, 3.63) is 23.5 Å². The number of allylic oxidation sites excluding steroid dienone is 4. The quantitative estimate of drug-likeness (QED) is 0.692. The van der Waals surface area contributed by atoms with Gasteiger partial charge in [-0.3, -0.25) is 4.79 Å². The molecule has 2 unspecified atom stereocenters. The summed E-state index contributed by atoms with van der Waals surface area (Å²) in [5.41, 5.74) is 1.28. The number of hydrogen-bond donors (Lipinski definition) is 0. The van der Waals surface area contributed by atoms with Crippen LogP contribution in [-0.2, 0) is 9.53 Å². The lowest BCUT2D eigenvalue weighted by Crippen LogP contribution is -2.26. The predicted octanol–water partition coefficient (Wildman–Crippen LogP) is 3.88. The molecule has 1 rings (SSSR count). The number of ether oxygens (including phenoxy) is 1. The van der Waals surface area contributed by atoms with E-state index in [-0.39, 0.29) is 17.8 Å². The van der Waals surface area contributed by atoms with Gasteiger partial charge in [-0.2, -0.15) is 0 Å². The lowest BCUT2D eigenvalue weighted by Gasteiger charge is -2.27. The summed E-state index contributed by atoms with van der Waals surface area (Å²) in [6.45, 7) is 10.3. The minimum atomic E-state index is 0.129. The van der Waals surface area contributed by atoms with Gasteiger partial charge < -0.3 is 4.74 Å². The van der Waals surface area contributed by atoms with Gasteiger partial charge >= 0.3 is 0 Å². The summed E-state index contributed by atoms with van der Waals surface area (Å²) in [6.07, 6.45) is 5.74. The van der Waals surface area contributed by atoms with E-state index < -0.39 is 0 Å². The summed E-state index contributed by atoms with van der Waals surface area (Å²) >= 11 is 0. The monoisotopic (exact) mass is 236 g/mol. The molecule has 0 heterocycles. The standard InChI is InChI=1S/C15H24O2/c1-10(2)6-7-14-12(5)8-13(9-15(14)16)17-11(3)4/h6,9,11-12,14H,7-8H2,1-5H3. The smallest absolute Gasteiger partial charge is 0.162 e. The van der Waals surface area contributed by atoms with Crippen LogP contribution in [0.4, 0.5) is 0 Å². The van der Waals surface area contributed by atoms with Gasteiger partial charge in [-0.1, -0.05) is 18.6 Å². The molecule has 0 aromatic carbocycles. The Bertz CT molecular complexity index is 333. The zero-order chi connectivity index (χ0) is 13.0. The Morgan fingerprint density at radius 1 is 1.53 bits per heavy atom. The van der Waals surface area contributed by atoms with Gasteiger partial charge in [0.25, 0.3) is 0 Å². The zero-order valence-corrected chi connectivity index (χ0v) is 11.6. The first-order chi connectivity index (χ1) is 7.90. The molecule has 0 amide bonds. The highest BCUT2D eigenvalue weighted by molar-refractivity contribution is 5.93. The maximum Gasteiger partial charge on any atom is 0.162 e. The van der Waals surface area contributed by atoms with Crippen LogP contribution in [0, 0.1) is 11.8 Å². The molecule has 0 N–H and O–H groups in total. The molecule has 0 fully saturated rings. The van der Waals surface area contributed by atoms with E-state index >= 15 is 0 Å². The van der Waals surface area contributed by atoms with E-state index in [1.807, 2.05) is 13.8 Å². The van der Waals surface area contributed by atoms with Crippen LogP contribution < -0.4 is 0 Å². The third-order valence-corrected chi connectivity index (χ3v) is 3.05. The SMILES string of the molecule is CC(C)=CCC1C(=O)C=C(OC(C)C)CC1C. The molecule has 0 aliphatic heterocycles. The zero-order valence-electron chi connectivity index (χ0n) is 11.6. The molecule has 0 aromatic heterocycles. The van der Waals surface area contributed by atoms with Gasteiger partial charge in [0.2, 0.25) is 0 Å². The molecule has 17 heavy (non-hydrogen) atoms. The van der Waals surface area contributed by atoms with Crippen molar-refractivity contribution in [3.63, 3.8) is 0 Å². The third-order valence-electron chi connectivity index (χ3n) is 3.05. The van der Waals surface area contributed by atoms with Crippen LogP contribution in [-0.4, -0.2) is 11.9 Å². The van der Waals surface area contributed by atoms with E-state index in [1.165, 1.54) is 5.57 Å². The van der Waals surface area contributed by atoms with Gasteiger partial charge in [-0.15, -0.1) is 0 Å². The van der Waals surface area contributed by atoms with Crippen LogP contribution in [0.2, 0.25) is 0 Å². The largest absolute Gasteiger partial charge is 0.495 e. The van der Waals surface area contributed by atoms with Crippen LogP contribution >= 0.6 is 0 Å². The molecule has 1 aliphatic carbocycles. The number of hydrogen-bond acceptors (Lipinski definition) is 2. The summed E-state index contributed by atoms with van der Waals surface area (Å²) in [4.78, 5) is 12.0. The van der Waals surface area contributed by atoms with Crippen LogP contribution in [0.15, 0.2) is 23.5 Å². The molecule has 0 spiro atoms.